The van der Waals surface area contributed by atoms with Crippen molar-refractivity contribution in [1.82, 2.24) is 4.90 Å². The van der Waals surface area contributed by atoms with Gasteiger partial charge in [-0.25, -0.2) is 0 Å². The average molecular weight is 337 g/mol. The zero-order valence-corrected chi connectivity index (χ0v) is 15.1. The predicted octanol–water partition coefficient (Wildman–Crippen LogP) is 3.55. The third kappa shape index (κ3) is 3.12. The molecule has 4 rings (SSSR count). The van der Waals surface area contributed by atoms with Gasteiger partial charge >= 0.3 is 0 Å². The lowest BCUT2D eigenvalue weighted by molar-refractivity contribution is -0.149. The van der Waals surface area contributed by atoms with E-state index in [1.807, 2.05) is 0 Å². The first-order chi connectivity index (χ1) is 12.1. The zero-order valence-electron chi connectivity index (χ0n) is 15.1. The molecule has 0 aromatic heterocycles. The molecule has 0 saturated carbocycles. The third-order valence-corrected chi connectivity index (χ3v) is 6.02. The zero-order chi connectivity index (χ0) is 17.4. The molecule has 1 N–H and O–H groups in total. The van der Waals surface area contributed by atoms with Crippen LogP contribution in [0.3, 0.4) is 0 Å². The quantitative estimate of drug-likeness (QED) is 0.930. The standard InChI is InChI=1S/C22H27NO2/c1-16-7-6-10-21(17(16)2)22(24)11-19-14-25-15-20(12-22)23(19)13-18-8-4-3-5-9-18/h3-10,19-20,24H,11-15H2,1-2H3. The maximum Gasteiger partial charge on any atom is 0.0930 e. The van der Waals surface area contributed by atoms with Gasteiger partial charge in [0.15, 0.2) is 0 Å². The lowest BCUT2D eigenvalue weighted by Crippen LogP contribution is -2.60. The van der Waals surface area contributed by atoms with Crippen molar-refractivity contribution >= 4 is 0 Å². The summed E-state index contributed by atoms with van der Waals surface area (Å²) in [5, 5.41) is 11.6. The van der Waals surface area contributed by atoms with Gasteiger partial charge in [-0.2, -0.15) is 0 Å². The number of nitrogens with zero attached hydrogens (tertiary/aromatic N) is 1. The van der Waals surface area contributed by atoms with Crippen LogP contribution in [-0.4, -0.2) is 35.3 Å². The maximum atomic E-state index is 11.6. The molecule has 0 aliphatic carbocycles. The largest absolute Gasteiger partial charge is 0.385 e. The average Bonchev–Trinajstić information content (AvgIpc) is 2.59. The fraction of sp³-hybridized carbons (Fsp3) is 0.455. The highest BCUT2D eigenvalue weighted by Crippen LogP contribution is 2.42. The van der Waals surface area contributed by atoms with Crippen molar-refractivity contribution in [3.05, 3.63) is 70.8 Å². The molecule has 2 bridgehead atoms. The van der Waals surface area contributed by atoms with E-state index >= 15 is 0 Å². The van der Waals surface area contributed by atoms with E-state index in [4.69, 9.17) is 4.74 Å². The molecule has 3 heteroatoms. The monoisotopic (exact) mass is 337 g/mol. The predicted molar refractivity (Wildman–Crippen MR) is 99.4 cm³/mol. The summed E-state index contributed by atoms with van der Waals surface area (Å²) in [6.07, 6.45) is 1.47. The van der Waals surface area contributed by atoms with Crippen LogP contribution in [0, 0.1) is 13.8 Å². The van der Waals surface area contributed by atoms with E-state index in [1.165, 1.54) is 16.7 Å². The summed E-state index contributed by atoms with van der Waals surface area (Å²) in [5.41, 5.74) is 4.16. The van der Waals surface area contributed by atoms with Crippen molar-refractivity contribution in [1.29, 1.82) is 0 Å². The van der Waals surface area contributed by atoms with Gasteiger partial charge in [0, 0.05) is 18.6 Å². The van der Waals surface area contributed by atoms with Crippen LogP contribution in [0.4, 0.5) is 0 Å². The lowest BCUT2D eigenvalue weighted by Gasteiger charge is -2.52. The van der Waals surface area contributed by atoms with Gasteiger partial charge < -0.3 is 9.84 Å². The minimum absolute atomic E-state index is 0.262. The van der Waals surface area contributed by atoms with Gasteiger partial charge in [0.25, 0.3) is 0 Å². The first-order valence-electron chi connectivity index (χ1n) is 9.23. The highest BCUT2D eigenvalue weighted by molar-refractivity contribution is 5.38. The van der Waals surface area contributed by atoms with Crippen LogP contribution in [0.15, 0.2) is 48.5 Å². The fourth-order valence-corrected chi connectivity index (χ4v) is 4.57. The van der Waals surface area contributed by atoms with Crippen LogP contribution in [-0.2, 0) is 16.9 Å². The summed E-state index contributed by atoms with van der Waals surface area (Å²) in [4.78, 5) is 2.54. The Hall–Kier alpha value is -1.68. The van der Waals surface area contributed by atoms with Crippen LogP contribution in [0.1, 0.15) is 35.1 Å². The number of aryl methyl sites for hydroxylation is 1. The number of fused-ring (bicyclic) bond motifs is 2. The molecule has 2 aliphatic heterocycles. The summed E-state index contributed by atoms with van der Waals surface area (Å²) in [7, 11) is 0. The van der Waals surface area contributed by atoms with Gasteiger partial charge in [-0.15, -0.1) is 0 Å². The van der Waals surface area contributed by atoms with Crippen LogP contribution in [0.5, 0.6) is 0 Å². The van der Waals surface area contributed by atoms with E-state index in [2.05, 4.69) is 67.3 Å². The van der Waals surface area contributed by atoms with Gasteiger partial charge in [-0.3, -0.25) is 4.90 Å². The maximum absolute atomic E-state index is 11.6. The number of ether oxygens (including phenoxy) is 1. The second kappa shape index (κ2) is 6.56. The van der Waals surface area contributed by atoms with Crippen LogP contribution >= 0.6 is 0 Å². The Morgan fingerprint density at radius 2 is 1.68 bits per heavy atom. The van der Waals surface area contributed by atoms with E-state index in [0.29, 0.717) is 13.2 Å². The smallest absolute Gasteiger partial charge is 0.0930 e. The second-order valence-electron chi connectivity index (χ2n) is 7.69. The van der Waals surface area contributed by atoms with Gasteiger partial charge in [0.2, 0.25) is 0 Å². The van der Waals surface area contributed by atoms with E-state index in [0.717, 1.165) is 24.9 Å². The molecular weight excluding hydrogens is 310 g/mol. The number of hydrogen-bond donors (Lipinski definition) is 1. The Bertz CT molecular complexity index is 729. The first kappa shape index (κ1) is 16.8. The number of aliphatic hydroxyl groups is 1. The molecule has 2 aliphatic rings. The van der Waals surface area contributed by atoms with Crippen LogP contribution in [0.25, 0.3) is 0 Å². The second-order valence-corrected chi connectivity index (χ2v) is 7.69. The van der Waals surface area contributed by atoms with Gasteiger partial charge in [-0.1, -0.05) is 48.5 Å². The number of rotatable bonds is 3. The van der Waals surface area contributed by atoms with Gasteiger partial charge in [0.05, 0.1) is 18.8 Å². The number of hydrogen-bond acceptors (Lipinski definition) is 3. The molecule has 0 spiro atoms. The summed E-state index contributed by atoms with van der Waals surface area (Å²) >= 11 is 0. The Labute approximate surface area is 150 Å². The number of benzene rings is 2. The van der Waals surface area contributed by atoms with Crippen LogP contribution < -0.4 is 0 Å². The first-order valence-corrected chi connectivity index (χ1v) is 9.23. The number of morpholine rings is 1. The van der Waals surface area contributed by atoms with Crippen LogP contribution in [0.2, 0.25) is 0 Å². The molecule has 0 amide bonds. The molecule has 2 unspecified atom stereocenters. The molecule has 2 aromatic carbocycles. The van der Waals surface area contributed by atoms with Crippen molar-refractivity contribution < 1.29 is 9.84 Å². The Morgan fingerprint density at radius 1 is 1.00 bits per heavy atom. The van der Waals surface area contributed by atoms with Crippen molar-refractivity contribution in [2.45, 2.75) is 50.9 Å². The summed E-state index contributed by atoms with van der Waals surface area (Å²) in [6, 6.07) is 17.4. The van der Waals surface area contributed by atoms with Crippen molar-refractivity contribution in [2.75, 3.05) is 13.2 Å². The number of piperidine rings is 1. The summed E-state index contributed by atoms with van der Waals surface area (Å²) in [6.45, 7) is 6.59. The third-order valence-electron chi connectivity index (χ3n) is 6.02. The minimum atomic E-state index is -0.748. The van der Waals surface area contributed by atoms with Gasteiger partial charge in [0.1, 0.15) is 0 Å². The molecule has 2 fully saturated rings. The SMILES string of the molecule is Cc1cccc(C2(O)CC3COCC(C2)N3Cc2ccccc2)c1C. The summed E-state index contributed by atoms with van der Waals surface area (Å²) in [5.74, 6) is 0. The highest BCUT2D eigenvalue weighted by atomic mass is 16.5. The molecule has 2 atom stereocenters. The molecule has 132 valence electrons. The minimum Gasteiger partial charge on any atom is -0.385 e. The fourth-order valence-electron chi connectivity index (χ4n) is 4.57. The molecule has 3 nitrogen and oxygen atoms in total. The Balaban J connectivity index is 1.61. The van der Waals surface area contributed by atoms with Crippen molar-refractivity contribution in [3.8, 4) is 0 Å². The molecule has 2 aromatic rings. The molecule has 0 radical (unpaired) electrons. The molecular formula is C22H27NO2. The van der Waals surface area contributed by atoms with E-state index < -0.39 is 5.60 Å². The van der Waals surface area contributed by atoms with Crippen molar-refractivity contribution in [2.24, 2.45) is 0 Å². The highest BCUT2D eigenvalue weighted by Gasteiger charge is 2.47. The normalized spacial score (nSPS) is 29.6. The molecule has 2 heterocycles. The molecule has 25 heavy (non-hydrogen) atoms. The van der Waals surface area contributed by atoms with Crippen molar-refractivity contribution in [3.63, 3.8) is 0 Å². The van der Waals surface area contributed by atoms with Gasteiger partial charge in [-0.05, 0) is 48.9 Å². The lowest BCUT2D eigenvalue weighted by atomic mass is 9.75. The molecule has 2 saturated heterocycles. The Morgan fingerprint density at radius 3 is 2.36 bits per heavy atom. The van der Waals surface area contributed by atoms with E-state index in [-0.39, 0.29) is 12.1 Å². The topological polar surface area (TPSA) is 32.7 Å². The van der Waals surface area contributed by atoms with E-state index in [9.17, 15) is 5.11 Å². The summed E-state index contributed by atoms with van der Waals surface area (Å²) < 4.78 is 5.83. The van der Waals surface area contributed by atoms with E-state index in [1.54, 1.807) is 0 Å². The Kier molecular flexibility index (Phi) is 4.40.